The molecule has 0 fully saturated rings. The van der Waals surface area contributed by atoms with Gasteiger partial charge in [-0.2, -0.15) is 10.2 Å². The van der Waals surface area contributed by atoms with E-state index in [4.69, 9.17) is 0 Å². The second-order valence-electron chi connectivity index (χ2n) is 7.49. The third kappa shape index (κ3) is 3.96. The lowest BCUT2D eigenvalue weighted by Crippen LogP contribution is -2.40. The molecule has 160 valence electrons. The van der Waals surface area contributed by atoms with Crippen LogP contribution in [0.5, 0.6) is 0 Å². The average Bonchev–Trinajstić information content (AvgIpc) is 3.41. The molecule has 6 nitrogen and oxygen atoms in total. The van der Waals surface area contributed by atoms with E-state index in [1.807, 2.05) is 0 Å². The summed E-state index contributed by atoms with van der Waals surface area (Å²) in [4.78, 5) is 3.86. The van der Waals surface area contributed by atoms with Crippen molar-refractivity contribution in [1.82, 2.24) is 24.5 Å². The maximum Gasteiger partial charge on any atom is 0.137 e. The van der Waals surface area contributed by atoms with Crippen molar-refractivity contribution in [2.45, 2.75) is 32.0 Å². The van der Waals surface area contributed by atoms with Gasteiger partial charge in [0.15, 0.2) is 0 Å². The fourth-order valence-electron chi connectivity index (χ4n) is 3.59. The summed E-state index contributed by atoms with van der Waals surface area (Å²) in [6.45, 7) is 3.20. The Kier molecular flexibility index (Phi) is 5.36. The van der Waals surface area contributed by atoms with Crippen LogP contribution < -0.4 is 0 Å². The SMILES string of the molecule is Cc1cc(-c2cnn([C@H](C)[C@](O)(Cn3cncn3)c3ccc(F)cc3F)c2)ccc1F. The van der Waals surface area contributed by atoms with Crippen LogP contribution >= 0.6 is 0 Å². The molecule has 4 rings (SSSR count). The van der Waals surface area contributed by atoms with Crippen LogP contribution in [-0.2, 0) is 12.1 Å². The first-order valence-electron chi connectivity index (χ1n) is 9.59. The third-order valence-corrected chi connectivity index (χ3v) is 5.45. The maximum atomic E-state index is 14.7. The van der Waals surface area contributed by atoms with Crippen molar-refractivity contribution < 1.29 is 18.3 Å². The number of hydrogen-bond acceptors (Lipinski definition) is 4. The number of nitrogens with zero attached hydrogens (tertiary/aromatic N) is 5. The second-order valence-corrected chi connectivity index (χ2v) is 7.49. The van der Waals surface area contributed by atoms with Gasteiger partial charge >= 0.3 is 0 Å². The van der Waals surface area contributed by atoms with Crippen LogP contribution in [0.2, 0.25) is 0 Å². The molecule has 2 atom stereocenters. The minimum absolute atomic E-state index is 0.0911. The van der Waals surface area contributed by atoms with Gasteiger partial charge in [0.1, 0.15) is 35.7 Å². The van der Waals surface area contributed by atoms with Crippen molar-refractivity contribution in [1.29, 1.82) is 0 Å². The Labute approximate surface area is 176 Å². The van der Waals surface area contributed by atoms with Crippen molar-refractivity contribution in [3.63, 3.8) is 0 Å². The highest BCUT2D eigenvalue weighted by Crippen LogP contribution is 2.37. The lowest BCUT2D eigenvalue weighted by molar-refractivity contribution is -0.0368. The molecule has 4 aromatic rings. The highest BCUT2D eigenvalue weighted by molar-refractivity contribution is 5.62. The lowest BCUT2D eigenvalue weighted by Gasteiger charge is -2.34. The van der Waals surface area contributed by atoms with Crippen LogP contribution in [0.15, 0.2) is 61.4 Å². The van der Waals surface area contributed by atoms with E-state index in [1.54, 1.807) is 38.4 Å². The summed E-state index contributed by atoms with van der Waals surface area (Å²) >= 11 is 0. The van der Waals surface area contributed by atoms with Crippen LogP contribution in [0, 0.1) is 24.4 Å². The molecule has 0 aliphatic heterocycles. The summed E-state index contributed by atoms with van der Waals surface area (Å²) in [5.74, 6) is -1.93. The Morgan fingerprint density at radius 1 is 1.03 bits per heavy atom. The predicted octanol–water partition coefficient (Wildman–Crippen LogP) is 4.02. The molecule has 0 radical (unpaired) electrons. The number of aromatic nitrogens is 5. The van der Waals surface area contributed by atoms with Gasteiger partial charge in [-0.05, 0) is 43.2 Å². The van der Waals surface area contributed by atoms with Gasteiger partial charge in [0, 0.05) is 23.4 Å². The van der Waals surface area contributed by atoms with Gasteiger partial charge in [-0.15, -0.1) is 0 Å². The number of aryl methyl sites for hydroxylation is 1. The molecule has 0 unspecified atom stereocenters. The van der Waals surface area contributed by atoms with E-state index in [9.17, 15) is 18.3 Å². The van der Waals surface area contributed by atoms with Gasteiger partial charge in [0.2, 0.25) is 0 Å². The molecule has 0 bridgehead atoms. The second kappa shape index (κ2) is 7.99. The fraction of sp³-hybridized carbons (Fsp3) is 0.227. The Bertz CT molecular complexity index is 1210. The maximum absolute atomic E-state index is 14.7. The van der Waals surface area contributed by atoms with Crippen LogP contribution in [0.3, 0.4) is 0 Å². The monoisotopic (exact) mass is 427 g/mol. The first-order chi connectivity index (χ1) is 14.8. The molecule has 2 heterocycles. The van der Waals surface area contributed by atoms with E-state index in [0.717, 1.165) is 17.7 Å². The van der Waals surface area contributed by atoms with Gasteiger partial charge in [-0.25, -0.2) is 22.8 Å². The van der Waals surface area contributed by atoms with Gasteiger partial charge in [0.25, 0.3) is 0 Å². The number of aliphatic hydroxyl groups is 1. The largest absolute Gasteiger partial charge is 0.381 e. The predicted molar refractivity (Wildman–Crippen MR) is 107 cm³/mol. The first kappa shape index (κ1) is 20.8. The third-order valence-electron chi connectivity index (χ3n) is 5.45. The number of hydrogen-bond donors (Lipinski definition) is 1. The molecular weight excluding hydrogens is 407 g/mol. The van der Waals surface area contributed by atoms with Gasteiger partial charge < -0.3 is 5.11 Å². The zero-order chi connectivity index (χ0) is 22.2. The van der Waals surface area contributed by atoms with Crippen LogP contribution in [0.25, 0.3) is 11.1 Å². The van der Waals surface area contributed by atoms with E-state index in [2.05, 4.69) is 15.2 Å². The molecule has 0 saturated carbocycles. The molecule has 0 amide bonds. The van der Waals surface area contributed by atoms with Crippen molar-refractivity contribution >= 4 is 0 Å². The van der Waals surface area contributed by atoms with E-state index in [-0.39, 0.29) is 17.9 Å². The molecule has 0 aliphatic carbocycles. The Balaban J connectivity index is 1.75. The molecule has 0 aliphatic rings. The molecular formula is C22H20F3N5O. The fourth-order valence-corrected chi connectivity index (χ4v) is 3.59. The van der Waals surface area contributed by atoms with Crippen molar-refractivity contribution in [2.24, 2.45) is 0 Å². The summed E-state index contributed by atoms with van der Waals surface area (Å²) in [7, 11) is 0. The molecule has 1 N–H and O–H groups in total. The van der Waals surface area contributed by atoms with E-state index in [1.165, 1.54) is 34.2 Å². The van der Waals surface area contributed by atoms with Gasteiger partial charge in [-0.1, -0.05) is 12.1 Å². The molecule has 31 heavy (non-hydrogen) atoms. The number of benzene rings is 2. The van der Waals surface area contributed by atoms with Crippen molar-refractivity contribution in [3.8, 4) is 11.1 Å². The van der Waals surface area contributed by atoms with Crippen molar-refractivity contribution in [3.05, 3.63) is 90.0 Å². The molecule has 0 saturated heterocycles. The smallest absolute Gasteiger partial charge is 0.137 e. The topological polar surface area (TPSA) is 68.8 Å². The van der Waals surface area contributed by atoms with E-state index in [0.29, 0.717) is 11.1 Å². The minimum atomic E-state index is -1.83. The summed E-state index contributed by atoms with van der Waals surface area (Å²) < 4.78 is 44.7. The van der Waals surface area contributed by atoms with E-state index >= 15 is 0 Å². The zero-order valence-corrected chi connectivity index (χ0v) is 16.9. The summed E-state index contributed by atoms with van der Waals surface area (Å²) in [5.41, 5.74) is 0.0386. The first-order valence-corrected chi connectivity index (χ1v) is 9.59. The Hall–Kier alpha value is -3.46. The molecule has 9 heteroatoms. The molecule has 2 aromatic carbocycles. The summed E-state index contributed by atoms with van der Waals surface area (Å²) in [6.07, 6.45) is 5.97. The number of rotatable bonds is 6. The standard InChI is InChI=1S/C22H20F3N5O/c1-14-7-16(3-6-20(14)24)17-9-27-30(10-17)15(2)22(31,11-29-13-26-12-28-29)19-5-4-18(23)8-21(19)25/h3-10,12-13,15,31H,11H2,1-2H3/t15-,22-/m1/s1. The Morgan fingerprint density at radius 3 is 2.52 bits per heavy atom. The molecule has 2 aromatic heterocycles. The minimum Gasteiger partial charge on any atom is -0.381 e. The quantitative estimate of drug-likeness (QED) is 0.505. The van der Waals surface area contributed by atoms with E-state index < -0.39 is 23.3 Å². The summed E-state index contributed by atoms with van der Waals surface area (Å²) in [5, 5.41) is 20.0. The highest BCUT2D eigenvalue weighted by Gasteiger charge is 2.40. The normalized spacial score (nSPS) is 14.4. The van der Waals surface area contributed by atoms with Crippen LogP contribution in [-0.4, -0.2) is 29.7 Å². The zero-order valence-electron chi connectivity index (χ0n) is 16.9. The molecule has 0 spiro atoms. The van der Waals surface area contributed by atoms with Gasteiger partial charge in [-0.3, -0.25) is 4.68 Å². The van der Waals surface area contributed by atoms with Crippen LogP contribution in [0.1, 0.15) is 24.1 Å². The Morgan fingerprint density at radius 2 is 1.84 bits per heavy atom. The van der Waals surface area contributed by atoms with Gasteiger partial charge in [0.05, 0.1) is 18.8 Å². The van der Waals surface area contributed by atoms with Crippen LogP contribution in [0.4, 0.5) is 13.2 Å². The van der Waals surface area contributed by atoms with Crippen molar-refractivity contribution in [2.75, 3.05) is 0 Å². The lowest BCUT2D eigenvalue weighted by atomic mass is 9.86. The number of halogens is 3. The average molecular weight is 427 g/mol. The highest BCUT2D eigenvalue weighted by atomic mass is 19.1. The summed E-state index contributed by atoms with van der Waals surface area (Å²) in [6, 6.07) is 6.97.